The van der Waals surface area contributed by atoms with Gasteiger partial charge in [0.05, 0.1) is 22.0 Å². The summed E-state index contributed by atoms with van der Waals surface area (Å²) in [5, 5.41) is 16.5. The number of nitrogens with zero attached hydrogens (tertiary/aromatic N) is 4. The molecule has 4 aromatic rings. The average molecular weight is 542 g/mol. The molecule has 4 rings (SSSR count). The minimum atomic E-state index is -0.568. The first-order valence-electron chi connectivity index (χ1n) is 10.1. The molecule has 0 aliphatic carbocycles. The third-order valence-electron chi connectivity index (χ3n) is 5.01. The third-order valence-corrected chi connectivity index (χ3v) is 5.72. The van der Waals surface area contributed by atoms with Crippen molar-refractivity contribution in [3.63, 3.8) is 0 Å². The van der Waals surface area contributed by atoms with Gasteiger partial charge < -0.3 is 4.74 Å². The van der Waals surface area contributed by atoms with Crippen molar-refractivity contribution in [1.29, 1.82) is 0 Å². The van der Waals surface area contributed by atoms with Gasteiger partial charge in [-0.25, -0.2) is 4.98 Å². The number of aryl methyl sites for hydroxylation is 2. The highest BCUT2D eigenvalue weighted by molar-refractivity contribution is 9.10. The van der Waals surface area contributed by atoms with Gasteiger partial charge in [0.15, 0.2) is 0 Å². The summed E-state index contributed by atoms with van der Waals surface area (Å²) < 4.78 is 7.72. The Morgan fingerprint density at radius 3 is 2.74 bits per heavy atom. The fraction of sp³-hybridized carbons (Fsp3) is 0.125. The summed E-state index contributed by atoms with van der Waals surface area (Å²) in [5.74, 6) is 0.358. The topological polar surface area (TPSA) is 99.6 Å². The fourth-order valence-electron chi connectivity index (χ4n) is 3.46. The monoisotopic (exact) mass is 540 g/mol. The highest BCUT2D eigenvalue weighted by Gasteiger charge is 2.21. The molecule has 1 heterocycles. The van der Waals surface area contributed by atoms with E-state index in [1.807, 2.05) is 31.2 Å². The molecule has 10 heteroatoms. The molecule has 0 spiro atoms. The third kappa shape index (κ3) is 5.00. The van der Waals surface area contributed by atoms with Gasteiger partial charge in [0.1, 0.15) is 12.4 Å². The smallest absolute Gasteiger partial charge is 0.313 e. The van der Waals surface area contributed by atoms with Crippen LogP contribution in [0.25, 0.3) is 10.9 Å². The minimum Gasteiger partial charge on any atom is -0.481 e. The first-order chi connectivity index (χ1) is 16.2. The number of nitro benzene ring substituents is 1. The van der Waals surface area contributed by atoms with E-state index in [0.29, 0.717) is 16.7 Å². The van der Waals surface area contributed by atoms with Crippen molar-refractivity contribution in [1.82, 2.24) is 9.66 Å². The van der Waals surface area contributed by atoms with Crippen LogP contribution in [-0.4, -0.2) is 20.8 Å². The fourth-order valence-corrected chi connectivity index (χ4v) is 4.04. The van der Waals surface area contributed by atoms with Crippen LogP contribution in [0.3, 0.4) is 0 Å². The van der Waals surface area contributed by atoms with Crippen molar-refractivity contribution in [2.24, 2.45) is 5.10 Å². The van der Waals surface area contributed by atoms with E-state index in [2.05, 4.69) is 26.0 Å². The number of ether oxygens (including phenoxy) is 1. The molecule has 0 N–H and O–H groups in total. The van der Waals surface area contributed by atoms with Gasteiger partial charge in [-0.3, -0.25) is 14.9 Å². The molecule has 0 unspecified atom stereocenters. The zero-order valence-electron chi connectivity index (χ0n) is 18.2. The van der Waals surface area contributed by atoms with Crippen molar-refractivity contribution in [3.05, 3.63) is 107 Å². The molecule has 8 nitrogen and oxygen atoms in total. The van der Waals surface area contributed by atoms with E-state index in [1.54, 1.807) is 25.1 Å². The van der Waals surface area contributed by atoms with Crippen LogP contribution in [0, 0.1) is 24.0 Å². The lowest BCUT2D eigenvalue weighted by Crippen LogP contribution is -2.20. The molecule has 0 aliphatic rings. The zero-order valence-corrected chi connectivity index (χ0v) is 20.5. The Labute approximate surface area is 207 Å². The maximum absolute atomic E-state index is 13.0. The Hall–Kier alpha value is -3.56. The van der Waals surface area contributed by atoms with Crippen LogP contribution in [0.5, 0.6) is 5.75 Å². The molecule has 0 radical (unpaired) electrons. The van der Waals surface area contributed by atoms with Gasteiger partial charge in [0.25, 0.3) is 5.56 Å². The van der Waals surface area contributed by atoms with Gasteiger partial charge in [-0.15, -0.1) is 0 Å². The highest BCUT2D eigenvalue weighted by Crippen LogP contribution is 2.34. The van der Waals surface area contributed by atoms with Crippen LogP contribution in [0.1, 0.15) is 22.5 Å². The summed E-state index contributed by atoms with van der Waals surface area (Å²) >= 11 is 9.49. The number of hydrogen-bond donors (Lipinski definition) is 0. The molecular weight excluding hydrogens is 524 g/mol. The van der Waals surface area contributed by atoms with Crippen molar-refractivity contribution >= 4 is 50.3 Å². The van der Waals surface area contributed by atoms with E-state index in [4.69, 9.17) is 16.3 Å². The Bertz CT molecular complexity index is 1520. The molecule has 0 bridgehead atoms. The van der Waals surface area contributed by atoms with E-state index in [-0.39, 0.29) is 34.2 Å². The molecule has 0 saturated heterocycles. The van der Waals surface area contributed by atoms with Crippen LogP contribution < -0.4 is 10.3 Å². The number of benzene rings is 3. The molecule has 0 atom stereocenters. The second kappa shape index (κ2) is 9.74. The van der Waals surface area contributed by atoms with Crippen LogP contribution >= 0.6 is 27.5 Å². The molecule has 34 heavy (non-hydrogen) atoms. The Morgan fingerprint density at radius 1 is 1.21 bits per heavy atom. The van der Waals surface area contributed by atoms with Crippen molar-refractivity contribution in [2.45, 2.75) is 20.5 Å². The quantitative estimate of drug-likeness (QED) is 0.174. The predicted molar refractivity (Wildman–Crippen MR) is 135 cm³/mol. The van der Waals surface area contributed by atoms with Crippen LogP contribution in [-0.2, 0) is 6.61 Å². The first kappa shape index (κ1) is 23.6. The first-order valence-corrected chi connectivity index (χ1v) is 11.3. The number of fused-ring (bicyclic) bond motifs is 1. The van der Waals surface area contributed by atoms with E-state index in [1.165, 1.54) is 18.3 Å². The molecule has 0 amide bonds. The standard InChI is InChI=1S/C24H18BrClN4O4/c1-14-4-3-5-16(8-14)13-34-23-17(9-19(26)11-22(23)30(32)33)12-27-29-15(2)28-21-7-6-18(25)10-20(21)24(29)31/h3-12H,13H2,1-2H3. The second-order valence-electron chi connectivity index (χ2n) is 7.56. The molecule has 0 saturated carbocycles. The number of halogens is 2. The molecule has 172 valence electrons. The van der Waals surface area contributed by atoms with E-state index < -0.39 is 4.92 Å². The van der Waals surface area contributed by atoms with Crippen molar-refractivity contribution in [3.8, 4) is 5.75 Å². The lowest BCUT2D eigenvalue weighted by atomic mass is 10.1. The maximum Gasteiger partial charge on any atom is 0.313 e. The highest BCUT2D eigenvalue weighted by atomic mass is 79.9. The summed E-state index contributed by atoms with van der Waals surface area (Å²) in [7, 11) is 0. The van der Waals surface area contributed by atoms with Crippen molar-refractivity contribution < 1.29 is 9.66 Å². The van der Waals surface area contributed by atoms with Crippen molar-refractivity contribution in [2.75, 3.05) is 0 Å². The summed E-state index contributed by atoms with van der Waals surface area (Å²) in [4.78, 5) is 28.6. The Morgan fingerprint density at radius 2 is 2.00 bits per heavy atom. The van der Waals surface area contributed by atoms with Crippen LogP contribution in [0.2, 0.25) is 5.02 Å². The summed E-state index contributed by atoms with van der Waals surface area (Å²) in [6.07, 6.45) is 1.31. The minimum absolute atomic E-state index is 0.00171. The van der Waals surface area contributed by atoms with Crippen LogP contribution in [0.15, 0.2) is 69.0 Å². The summed E-state index contributed by atoms with van der Waals surface area (Å²) in [5.41, 5.74) is 2.01. The van der Waals surface area contributed by atoms with Gasteiger partial charge in [0, 0.05) is 21.1 Å². The Kier molecular flexibility index (Phi) is 6.76. The molecule has 3 aromatic carbocycles. The Balaban J connectivity index is 1.78. The van der Waals surface area contributed by atoms with Crippen LogP contribution in [0.4, 0.5) is 5.69 Å². The maximum atomic E-state index is 13.0. The van der Waals surface area contributed by atoms with E-state index >= 15 is 0 Å². The van der Waals surface area contributed by atoms with Gasteiger partial charge in [0.2, 0.25) is 5.75 Å². The summed E-state index contributed by atoms with van der Waals surface area (Å²) in [6.45, 7) is 3.70. The number of hydrogen-bond acceptors (Lipinski definition) is 6. The lowest BCUT2D eigenvalue weighted by molar-refractivity contribution is -0.385. The zero-order chi connectivity index (χ0) is 24.4. The van der Waals surface area contributed by atoms with E-state index in [0.717, 1.165) is 20.3 Å². The predicted octanol–water partition coefficient (Wildman–Crippen LogP) is 5.80. The SMILES string of the molecule is Cc1cccc(COc2c(C=Nn3c(C)nc4ccc(Br)cc4c3=O)cc(Cl)cc2[N+](=O)[O-])c1. The largest absolute Gasteiger partial charge is 0.481 e. The van der Waals surface area contributed by atoms with Gasteiger partial charge in [-0.05, 0) is 43.7 Å². The van der Waals surface area contributed by atoms with Gasteiger partial charge in [-0.1, -0.05) is 57.4 Å². The summed E-state index contributed by atoms with van der Waals surface area (Å²) in [6, 6.07) is 15.5. The number of rotatable bonds is 6. The number of aromatic nitrogens is 2. The molecule has 0 fully saturated rings. The molecule has 1 aromatic heterocycles. The van der Waals surface area contributed by atoms with Gasteiger partial charge >= 0.3 is 5.69 Å². The second-order valence-corrected chi connectivity index (χ2v) is 8.91. The number of nitro groups is 1. The molecule has 0 aliphatic heterocycles. The average Bonchev–Trinajstić information content (AvgIpc) is 2.78. The van der Waals surface area contributed by atoms with E-state index in [9.17, 15) is 14.9 Å². The van der Waals surface area contributed by atoms with Gasteiger partial charge in [-0.2, -0.15) is 9.78 Å². The lowest BCUT2D eigenvalue weighted by Gasteiger charge is -2.11. The molecular formula is C24H18BrClN4O4. The normalized spacial score (nSPS) is 11.3.